The van der Waals surface area contributed by atoms with E-state index in [4.69, 9.17) is 0 Å². The number of hydrogen-bond donors (Lipinski definition) is 2. The first-order valence-corrected chi connectivity index (χ1v) is 12.5. The van der Waals surface area contributed by atoms with Crippen LogP contribution in [0.5, 0.6) is 0 Å². The third-order valence-corrected chi connectivity index (χ3v) is 7.64. The molecule has 33 heavy (non-hydrogen) atoms. The summed E-state index contributed by atoms with van der Waals surface area (Å²) in [7, 11) is 0. The van der Waals surface area contributed by atoms with E-state index in [1.54, 1.807) is 4.57 Å². The van der Waals surface area contributed by atoms with E-state index in [9.17, 15) is 19.5 Å². The van der Waals surface area contributed by atoms with Gasteiger partial charge in [-0.05, 0) is 56.8 Å². The zero-order valence-corrected chi connectivity index (χ0v) is 20.0. The highest BCUT2D eigenvalue weighted by Gasteiger charge is 2.42. The molecule has 2 aliphatic carbocycles. The van der Waals surface area contributed by atoms with Crippen molar-refractivity contribution < 1.29 is 9.90 Å². The number of hydrogen-bond acceptors (Lipinski definition) is 5. The smallest absolute Gasteiger partial charge is 0.333 e. The van der Waals surface area contributed by atoms with Gasteiger partial charge in [0.1, 0.15) is 19.0 Å². The van der Waals surface area contributed by atoms with E-state index in [1.807, 2.05) is 20.8 Å². The molecule has 0 aliphatic heterocycles. The van der Waals surface area contributed by atoms with Crippen LogP contribution in [0.4, 0.5) is 0 Å². The van der Waals surface area contributed by atoms with Crippen molar-refractivity contribution in [1.29, 1.82) is 0 Å². The second-order valence-corrected chi connectivity index (χ2v) is 9.88. The zero-order valence-electron chi connectivity index (χ0n) is 20.0. The first-order chi connectivity index (χ1) is 15.9. The standard InChI is InChI=1S/C24H37N5O4/c1-4-6-10-28-22-21(27(9-5-2)19(14-30)26-22)23(32)29(24(28)33)13-20(31)25-15(3)18-12-16-7-8-17(18)11-16/h15-18,30H,4-14H2,1-3H3,(H,25,31)/t15-,16+,17+,18+/m1/s1. The molecule has 9 heteroatoms. The minimum atomic E-state index is -0.522. The quantitative estimate of drug-likeness (QED) is 0.565. The number of carbonyl (C=O) groups excluding carboxylic acids is 1. The Hall–Kier alpha value is -2.42. The third kappa shape index (κ3) is 4.39. The van der Waals surface area contributed by atoms with E-state index in [0.717, 1.165) is 36.2 Å². The van der Waals surface area contributed by atoms with Crippen molar-refractivity contribution in [2.75, 3.05) is 0 Å². The van der Waals surface area contributed by atoms with E-state index in [1.165, 1.54) is 23.8 Å². The molecule has 0 spiro atoms. The number of aryl methyl sites for hydroxylation is 2. The van der Waals surface area contributed by atoms with Crippen LogP contribution < -0.4 is 16.6 Å². The maximum atomic E-state index is 13.4. The lowest BCUT2D eigenvalue weighted by Crippen LogP contribution is -2.47. The Balaban J connectivity index is 1.67. The van der Waals surface area contributed by atoms with Gasteiger partial charge in [0.15, 0.2) is 11.2 Å². The first kappa shape index (κ1) is 23.7. The number of aliphatic hydroxyl groups is 1. The van der Waals surface area contributed by atoms with Gasteiger partial charge in [-0.25, -0.2) is 14.3 Å². The number of aromatic nitrogens is 4. The summed E-state index contributed by atoms with van der Waals surface area (Å²) in [5.74, 6) is 1.99. The molecule has 2 aromatic rings. The van der Waals surface area contributed by atoms with Gasteiger partial charge < -0.3 is 15.0 Å². The SMILES string of the molecule is CCCCn1c(=O)n(CC(=O)N[C@H](C)[C@@H]2C[C@H]3CC[C@H]2C3)c(=O)c2c1nc(CO)n2CCC. The monoisotopic (exact) mass is 459 g/mol. The number of nitrogens with zero attached hydrogens (tertiary/aromatic N) is 4. The predicted molar refractivity (Wildman–Crippen MR) is 126 cm³/mol. The van der Waals surface area contributed by atoms with Crippen LogP contribution in [0.3, 0.4) is 0 Å². The molecule has 2 heterocycles. The van der Waals surface area contributed by atoms with Crippen molar-refractivity contribution >= 4 is 17.1 Å². The van der Waals surface area contributed by atoms with E-state index >= 15 is 0 Å². The lowest BCUT2D eigenvalue weighted by molar-refractivity contribution is -0.122. The van der Waals surface area contributed by atoms with Crippen LogP contribution in [0.2, 0.25) is 0 Å². The summed E-state index contributed by atoms with van der Waals surface area (Å²) in [6, 6.07) is 0.0289. The summed E-state index contributed by atoms with van der Waals surface area (Å²) in [5.41, 5.74) is -0.464. The van der Waals surface area contributed by atoms with Crippen LogP contribution in [0, 0.1) is 17.8 Å². The molecule has 0 aromatic carbocycles. The average molecular weight is 460 g/mol. The van der Waals surface area contributed by atoms with Crippen LogP contribution in [0.15, 0.2) is 9.59 Å². The molecule has 2 fully saturated rings. The summed E-state index contributed by atoms with van der Waals surface area (Å²) < 4.78 is 4.21. The number of rotatable bonds is 10. The Morgan fingerprint density at radius 2 is 1.91 bits per heavy atom. The number of imidazole rings is 1. The predicted octanol–water partition coefficient (Wildman–Crippen LogP) is 2.00. The van der Waals surface area contributed by atoms with Crippen LogP contribution in [0.25, 0.3) is 11.2 Å². The molecule has 4 atom stereocenters. The highest BCUT2D eigenvalue weighted by Crippen LogP contribution is 2.49. The van der Waals surface area contributed by atoms with Gasteiger partial charge in [-0.1, -0.05) is 26.7 Å². The molecule has 4 rings (SSSR count). The van der Waals surface area contributed by atoms with Gasteiger partial charge in [-0.15, -0.1) is 0 Å². The van der Waals surface area contributed by atoms with Crippen molar-refractivity contribution in [2.24, 2.45) is 17.8 Å². The number of unbranched alkanes of at least 4 members (excludes halogenated alkanes) is 1. The van der Waals surface area contributed by atoms with Gasteiger partial charge in [0.25, 0.3) is 5.56 Å². The molecule has 182 valence electrons. The third-order valence-electron chi connectivity index (χ3n) is 7.64. The van der Waals surface area contributed by atoms with Crippen LogP contribution in [-0.2, 0) is 31.0 Å². The molecule has 2 N–H and O–H groups in total. The van der Waals surface area contributed by atoms with E-state index in [-0.39, 0.29) is 30.6 Å². The number of fused-ring (bicyclic) bond motifs is 3. The average Bonchev–Trinajstić information content (AvgIpc) is 3.51. The Labute approximate surface area is 193 Å². The molecule has 0 saturated heterocycles. The lowest BCUT2D eigenvalue weighted by atomic mass is 9.84. The van der Waals surface area contributed by atoms with Crippen molar-refractivity contribution in [3.8, 4) is 0 Å². The van der Waals surface area contributed by atoms with Gasteiger partial charge >= 0.3 is 5.69 Å². The molecule has 0 unspecified atom stereocenters. The molecule has 2 bridgehead atoms. The number of amides is 1. The Bertz CT molecular complexity index is 1130. The molecule has 1 amide bonds. The second-order valence-electron chi connectivity index (χ2n) is 9.88. The highest BCUT2D eigenvalue weighted by molar-refractivity contribution is 5.77. The molecule has 2 aromatic heterocycles. The zero-order chi connectivity index (χ0) is 23.7. The topological polar surface area (TPSA) is 111 Å². The van der Waals surface area contributed by atoms with Crippen molar-refractivity contribution in [1.82, 2.24) is 24.0 Å². The van der Waals surface area contributed by atoms with Gasteiger partial charge in [-0.3, -0.25) is 14.2 Å². The maximum absolute atomic E-state index is 13.4. The van der Waals surface area contributed by atoms with E-state index < -0.39 is 11.2 Å². The minimum absolute atomic E-state index is 0.0289. The maximum Gasteiger partial charge on any atom is 0.333 e. The number of aliphatic hydroxyl groups excluding tert-OH is 1. The van der Waals surface area contributed by atoms with Crippen LogP contribution in [-0.4, -0.2) is 35.7 Å². The molecule has 9 nitrogen and oxygen atoms in total. The van der Waals surface area contributed by atoms with Crippen molar-refractivity contribution in [3.63, 3.8) is 0 Å². The molecular weight excluding hydrogens is 422 g/mol. The summed E-state index contributed by atoms with van der Waals surface area (Å²) in [4.78, 5) is 44.1. The molecule has 2 saturated carbocycles. The fourth-order valence-electron chi connectivity index (χ4n) is 6.03. The van der Waals surface area contributed by atoms with Crippen LogP contribution >= 0.6 is 0 Å². The fourth-order valence-corrected chi connectivity index (χ4v) is 6.03. The summed E-state index contributed by atoms with van der Waals surface area (Å²) in [6.07, 6.45) is 7.32. The largest absolute Gasteiger partial charge is 0.388 e. The Morgan fingerprint density at radius 1 is 1.12 bits per heavy atom. The Kier molecular flexibility index (Phi) is 7.07. The lowest BCUT2D eigenvalue weighted by Gasteiger charge is -2.28. The minimum Gasteiger partial charge on any atom is -0.388 e. The summed E-state index contributed by atoms with van der Waals surface area (Å²) in [5, 5.41) is 12.9. The summed E-state index contributed by atoms with van der Waals surface area (Å²) >= 11 is 0. The van der Waals surface area contributed by atoms with Gasteiger partial charge in [0, 0.05) is 19.1 Å². The van der Waals surface area contributed by atoms with Crippen molar-refractivity contribution in [3.05, 3.63) is 26.7 Å². The molecular formula is C24H37N5O4. The molecule has 2 aliphatic rings. The Morgan fingerprint density at radius 3 is 2.52 bits per heavy atom. The normalized spacial score (nSPS) is 22.8. The van der Waals surface area contributed by atoms with Gasteiger partial charge in [0.2, 0.25) is 5.91 Å². The first-order valence-electron chi connectivity index (χ1n) is 12.5. The fraction of sp³-hybridized carbons (Fsp3) is 0.750. The van der Waals surface area contributed by atoms with Crippen molar-refractivity contribution in [2.45, 2.75) is 98.0 Å². The number of carbonyl (C=O) groups is 1. The van der Waals surface area contributed by atoms with E-state index in [2.05, 4.69) is 10.3 Å². The number of nitrogens with one attached hydrogen (secondary N) is 1. The van der Waals surface area contributed by atoms with Gasteiger partial charge in [0.05, 0.1) is 0 Å². The summed E-state index contributed by atoms with van der Waals surface area (Å²) in [6.45, 7) is 6.32. The van der Waals surface area contributed by atoms with Crippen LogP contribution in [0.1, 0.15) is 71.5 Å². The second kappa shape index (κ2) is 9.83. The van der Waals surface area contributed by atoms with E-state index in [0.29, 0.717) is 36.4 Å². The highest BCUT2D eigenvalue weighted by atomic mass is 16.3. The molecule has 0 radical (unpaired) electrons. The van der Waals surface area contributed by atoms with Gasteiger partial charge in [-0.2, -0.15) is 0 Å².